The summed E-state index contributed by atoms with van der Waals surface area (Å²) in [5, 5.41) is 20.2. The monoisotopic (exact) mass is 257 g/mol. The van der Waals surface area contributed by atoms with Crippen LogP contribution in [0.15, 0.2) is 42.6 Å². The van der Waals surface area contributed by atoms with Crippen molar-refractivity contribution in [3.8, 4) is 5.75 Å². The average molecular weight is 257 g/mol. The molecule has 0 radical (unpaired) electrons. The maximum Gasteiger partial charge on any atom is 0.165 e. The Morgan fingerprint density at radius 2 is 2.16 bits per heavy atom. The fourth-order valence-electron chi connectivity index (χ4n) is 1.98. The second-order valence-electron chi connectivity index (χ2n) is 4.28. The molecular weight excluding hydrogens is 245 g/mol. The highest BCUT2D eigenvalue weighted by Crippen LogP contribution is 2.22. The first-order valence-electron chi connectivity index (χ1n) is 5.87. The highest BCUT2D eigenvalue weighted by molar-refractivity contribution is 5.90. The van der Waals surface area contributed by atoms with Crippen LogP contribution in [0.4, 0.5) is 10.1 Å². The number of nitrogens with one attached hydrogen (secondary N) is 2. The van der Waals surface area contributed by atoms with Gasteiger partial charge < -0.3 is 10.4 Å². The van der Waals surface area contributed by atoms with Gasteiger partial charge in [-0.2, -0.15) is 5.10 Å². The molecule has 4 nitrogen and oxygen atoms in total. The second-order valence-corrected chi connectivity index (χ2v) is 4.28. The van der Waals surface area contributed by atoms with E-state index in [1.807, 2.05) is 18.2 Å². The number of fused-ring (bicyclic) bond motifs is 1. The largest absolute Gasteiger partial charge is 0.505 e. The molecule has 0 saturated heterocycles. The fourth-order valence-corrected chi connectivity index (χ4v) is 1.98. The van der Waals surface area contributed by atoms with E-state index in [9.17, 15) is 4.39 Å². The molecule has 0 fully saturated rings. The molecule has 0 aliphatic heterocycles. The quantitative estimate of drug-likeness (QED) is 0.676. The maximum absolute atomic E-state index is 13.2. The van der Waals surface area contributed by atoms with Gasteiger partial charge in [-0.3, -0.25) is 5.10 Å². The first-order chi connectivity index (χ1) is 9.24. The van der Waals surface area contributed by atoms with Crippen molar-refractivity contribution in [3.05, 3.63) is 54.0 Å². The van der Waals surface area contributed by atoms with Gasteiger partial charge >= 0.3 is 0 Å². The lowest BCUT2D eigenvalue weighted by atomic mass is 10.2. The third kappa shape index (κ3) is 2.22. The minimum absolute atomic E-state index is 0.333. The van der Waals surface area contributed by atoms with E-state index in [2.05, 4.69) is 15.5 Å². The molecule has 96 valence electrons. The zero-order valence-electron chi connectivity index (χ0n) is 10.0. The molecule has 0 saturated carbocycles. The molecular formula is C14H12FN3O. The summed E-state index contributed by atoms with van der Waals surface area (Å²) in [4.78, 5) is 0. The molecule has 0 spiro atoms. The van der Waals surface area contributed by atoms with Crippen LogP contribution in [0.2, 0.25) is 0 Å². The number of aromatic hydroxyl groups is 1. The summed E-state index contributed by atoms with van der Waals surface area (Å²) in [6.45, 7) is 0.474. The van der Waals surface area contributed by atoms with Crippen molar-refractivity contribution in [2.75, 3.05) is 5.32 Å². The Morgan fingerprint density at radius 3 is 3.00 bits per heavy atom. The van der Waals surface area contributed by atoms with Gasteiger partial charge in [-0.1, -0.05) is 12.1 Å². The Labute approximate surface area is 108 Å². The van der Waals surface area contributed by atoms with Crippen LogP contribution in [-0.2, 0) is 6.54 Å². The number of phenolic OH excluding ortho intramolecular Hbond substituents is 1. The molecule has 0 aliphatic rings. The first kappa shape index (κ1) is 11.5. The smallest absolute Gasteiger partial charge is 0.165 e. The predicted molar refractivity (Wildman–Crippen MR) is 71.5 cm³/mol. The number of anilines is 1. The van der Waals surface area contributed by atoms with Gasteiger partial charge in [0.05, 0.1) is 11.7 Å². The molecule has 0 amide bonds. The number of hydrogen-bond acceptors (Lipinski definition) is 3. The molecule has 2 aromatic carbocycles. The summed E-state index contributed by atoms with van der Waals surface area (Å²) < 4.78 is 13.2. The second kappa shape index (κ2) is 4.61. The summed E-state index contributed by atoms with van der Waals surface area (Å²) in [5.74, 6) is -0.943. The molecule has 19 heavy (non-hydrogen) atoms. The van der Waals surface area contributed by atoms with E-state index in [0.717, 1.165) is 22.2 Å². The number of hydrogen-bond donors (Lipinski definition) is 3. The highest BCUT2D eigenvalue weighted by Gasteiger charge is 2.04. The molecule has 3 aromatic rings. The number of benzene rings is 2. The van der Waals surface area contributed by atoms with Crippen LogP contribution in [-0.4, -0.2) is 15.3 Å². The lowest BCUT2D eigenvalue weighted by Gasteiger charge is -2.08. The summed E-state index contributed by atoms with van der Waals surface area (Å²) >= 11 is 0. The van der Waals surface area contributed by atoms with Gasteiger partial charge in [0.2, 0.25) is 0 Å². The van der Waals surface area contributed by atoms with E-state index in [4.69, 9.17) is 5.11 Å². The molecule has 0 atom stereocenters. The molecule has 3 rings (SSSR count). The molecule has 0 unspecified atom stereocenters. The van der Waals surface area contributed by atoms with Crippen molar-refractivity contribution in [2.45, 2.75) is 6.54 Å². The number of aromatic nitrogens is 2. The zero-order chi connectivity index (χ0) is 13.2. The Morgan fingerprint density at radius 1 is 1.26 bits per heavy atom. The van der Waals surface area contributed by atoms with Gasteiger partial charge in [0.25, 0.3) is 0 Å². The highest BCUT2D eigenvalue weighted by atomic mass is 19.1. The number of nitrogens with zero attached hydrogens (tertiary/aromatic N) is 1. The van der Waals surface area contributed by atoms with Gasteiger partial charge in [-0.05, 0) is 29.8 Å². The normalized spacial score (nSPS) is 10.8. The summed E-state index contributed by atoms with van der Waals surface area (Å²) in [6, 6.07) is 10.1. The van der Waals surface area contributed by atoms with Crippen molar-refractivity contribution >= 4 is 16.6 Å². The number of rotatable bonds is 3. The third-order valence-corrected chi connectivity index (χ3v) is 2.98. The molecule has 0 aliphatic carbocycles. The number of halogens is 1. The Hall–Kier alpha value is -2.56. The van der Waals surface area contributed by atoms with Gasteiger partial charge in [-0.15, -0.1) is 0 Å². The van der Waals surface area contributed by atoms with E-state index < -0.39 is 5.82 Å². The Balaban J connectivity index is 1.82. The van der Waals surface area contributed by atoms with Crippen LogP contribution < -0.4 is 5.32 Å². The summed E-state index contributed by atoms with van der Waals surface area (Å²) in [6.07, 6.45) is 1.75. The number of aromatic amines is 1. The van der Waals surface area contributed by atoms with E-state index >= 15 is 0 Å². The minimum Gasteiger partial charge on any atom is -0.505 e. The van der Waals surface area contributed by atoms with Crippen molar-refractivity contribution in [3.63, 3.8) is 0 Å². The fraction of sp³-hybridized carbons (Fsp3) is 0.0714. The van der Waals surface area contributed by atoms with Crippen LogP contribution in [0.3, 0.4) is 0 Å². The van der Waals surface area contributed by atoms with E-state index in [1.165, 1.54) is 12.1 Å². The van der Waals surface area contributed by atoms with E-state index in [1.54, 1.807) is 12.3 Å². The van der Waals surface area contributed by atoms with Crippen molar-refractivity contribution in [1.29, 1.82) is 0 Å². The van der Waals surface area contributed by atoms with Crippen LogP contribution in [0, 0.1) is 5.82 Å². The van der Waals surface area contributed by atoms with Crippen molar-refractivity contribution in [1.82, 2.24) is 10.2 Å². The van der Waals surface area contributed by atoms with Crippen molar-refractivity contribution in [2.24, 2.45) is 0 Å². The summed E-state index contributed by atoms with van der Waals surface area (Å²) in [7, 11) is 0. The Kier molecular flexibility index (Phi) is 2.79. The molecule has 1 heterocycles. The molecule has 5 heteroatoms. The third-order valence-electron chi connectivity index (χ3n) is 2.98. The van der Waals surface area contributed by atoms with E-state index in [-0.39, 0.29) is 5.75 Å². The lowest BCUT2D eigenvalue weighted by Crippen LogP contribution is -2.00. The Bertz CT molecular complexity index is 724. The van der Waals surface area contributed by atoms with Crippen LogP contribution in [0.25, 0.3) is 10.9 Å². The average Bonchev–Trinajstić information content (AvgIpc) is 2.89. The minimum atomic E-state index is -0.610. The van der Waals surface area contributed by atoms with Crippen molar-refractivity contribution < 1.29 is 9.50 Å². The SMILES string of the molecule is Oc1ccc(CNc2cccc3[nH]ncc23)cc1F. The first-order valence-corrected chi connectivity index (χ1v) is 5.87. The van der Waals surface area contributed by atoms with Crippen LogP contribution >= 0.6 is 0 Å². The topological polar surface area (TPSA) is 60.9 Å². The molecule has 0 bridgehead atoms. The standard InChI is InChI=1S/C14H12FN3O/c15-11-6-9(4-5-14(11)19)7-16-12-2-1-3-13-10(12)8-17-18-13/h1-6,8,16,19H,7H2,(H,17,18). The van der Waals surface area contributed by atoms with Gasteiger partial charge in [0.1, 0.15) is 0 Å². The summed E-state index contributed by atoms with van der Waals surface area (Å²) in [5.41, 5.74) is 2.64. The van der Waals surface area contributed by atoms with Gasteiger partial charge in [0, 0.05) is 17.6 Å². The van der Waals surface area contributed by atoms with Gasteiger partial charge in [0.15, 0.2) is 11.6 Å². The zero-order valence-corrected chi connectivity index (χ0v) is 10.0. The number of H-pyrrole nitrogens is 1. The molecule has 3 N–H and O–H groups in total. The van der Waals surface area contributed by atoms with Crippen LogP contribution in [0.5, 0.6) is 5.75 Å². The van der Waals surface area contributed by atoms with Crippen LogP contribution in [0.1, 0.15) is 5.56 Å². The molecule has 1 aromatic heterocycles. The van der Waals surface area contributed by atoms with E-state index in [0.29, 0.717) is 6.54 Å². The van der Waals surface area contributed by atoms with Gasteiger partial charge in [-0.25, -0.2) is 4.39 Å². The lowest BCUT2D eigenvalue weighted by molar-refractivity contribution is 0.432. The predicted octanol–water partition coefficient (Wildman–Crippen LogP) is 3.02. The number of phenols is 1. The maximum atomic E-state index is 13.2.